The highest BCUT2D eigenvalue weighted by atomic mass is 16.5. The molecule has 0 spiro atoms. The molecule has 0 unspecified atom stereocenters. The van der Waals surface area contributed by atoms with Gasteiger partial charge in [-0.1, -0.05) is 42.5 Å². The van der Waals surface area contributed by atoms with Crippen LogP contribution in [0.3, 0.4) is 0 Å². The van der Waals surface area contributed by atoms with Crippen LogP contribution in [0.4, 0.5) is 0 Å². The lowest BCUT2D eigenvalue weighted by Gasteiger charge is -2.34. The van der Waals surface area contributed by atoms with Crippen LogP contribution >= 0.6 is 0 Å². The van der Waals surface area contributed by atoms with Gasteiger partial charge in [0.25, 0.3) is 0 Å². The Kier molecular flexibility index (Phi) is 7.25. The molecule has 1 heterocycles. The van der Waals surface area contributed by atoms with Crippen LogP contribution in [0.5, 0.6) is 5.75 Å². The molecule has 0 aliphatic carbocycles. The van der Waals surface area contributed by atoms with Crippen molar-refractivity contribution in [2.24, 2.45) is 0 Å². The Balaban J connectivity index is 1.32. The first-order valence-corrected chi connectivity index (χ1v) is 9.61. The number of amides is 1. The number of benzene rings is 2. The second-order valence-electron chi connectivity index (χ2n) is 6.99. The summed E-state index contributed by atoms with van der Waals surface area (Å²) in [4.78, 5) is 16.9. The lowest BCUT2D eigenvalue weighted by atomic mass is 10.1. The van der Waals surface area contributed by atoms with E-state index in [0.29, 0.717) is 13.1 Å². The van der Waals surface area contributed by atoms with E-state index in [0.717, 1.165) is 44.9 Å². The Morgan fingerprint density at radius 1 is 0.926 bits per heavy atom. The minimum absolute atomic E-state index is 0.111. The van der Waals surface area contributed by atoms with Crippen molar-refractivity contribution >= 4 is 5.91 Å². The minimum Gasteiger partial charge on any atom is -0.497 e. The lowest BCUT2D eigenvalue weighted by Crippen LogP contribution is -2.49. The Morgan fingerprint density at radius 2 is 1.59 bits per heavy atom. The largest absolute Gasteiger partial charge is 0.497 e. The molecule has 0 bridgehead atoms. The van der Waals surface area contributed by atoms with Crippen molar-refractivity contribution < 1.29 is 9.53 Å². The number of methoxy groups -OCH3 is 1. The molecule has 3 rings (SSSR count). The molecule has 144 valence electrons. The fraction of sp³-hybridized carbons (Fsp3) is 0.409. The molecule has 5 heteroatoms. The summed E-state index contributed by atoms with van der Waals surface area (Å²) >= 11 is 0. The average Bonchev–Trinajstić information content (AvgIpc) is 2.71. The molecule has 1 saturated heterocycles. The number of nitrogens with one attached hydrogen (secondary N) is 1. The second-order valence-corrected chi connectivity index (χ2v) is 6.99. The van der Waals surface area contributed by atoms with Crippen LogP contribution in [0.25, 0.3) is 0 Å². The Hall–Kier alpha value is -2.37. The van der Waals surface area contributed by atoms with E-state index in [1.165, 1.54) is 11.1 Å². The maximum absolute atomic E-state index is 12.2. The molecule has 1 N–H and O–H groups in total. The lowest BCUT2D eigenvalue weighted by molar-refractivity contribution is -0.122. The zero-order chi connectivity index (χ0) is 18.9. The van der Waals surface area contributed by atoms with Crippen molar-refractivity contribution in [3.05, 3.63) is 65.7 Å². The highest BCUT2D eigenvalue weighted by Crippen LogP contribution is 2.11. The van der Waals surface area contributed by atoms with Crippen molar-refractivity contribution in [1.29, 1.82) is 0 Å². The topological polar surface area (TPSA) is 44.8 Å². The van der Waals surface area contributed by atoms with Crippen LogP contribution < -0.4 is 10.1 Å². The Morgan fingerprint density at radius 3 is 2.26 bits per heavy atom. The molecule has 2 aromatic carbocycles. The maximum Gasteiger partial charge on any atom is 0.234 e. The van der Waals surface area contributed by atoms with E-state index in [-0.39, 0.29) is 5.91 Å². The van der Waals surface area contributed by atoms with Gasteiger partial charge in [-0.25, -0.2) is 0 Å². The van der Waals surface area contributed by atoms with E-state index in [1.807, 2.05) is 24.3 Å². The number of piperazine rings is 1. The third-order valence-corrected chi connectivity index (χ3v) is 4.98. The van der Waals surface area contributed by atoms with Crippen molar-refractivity contribution in [1.82, 2.24) is 15.1 Å². The van der Waals surface area contributed by atoms with E-state index in [1.54, 1.807) is 7.11 Å². The smallest absolute Gasteiger partial charge is 0.234 e. The van der Waals surface area contributed by atoms with Gasteiger partial charge < -0.3 is 10.1 Å². The summed E-state index contributed by atoms with van der Waals surface area (Å²) in [5.74, 6) is 0.967. The zero-order valence-electron chi connectivity index (χ0n) is 16.1. The molecular formula is C22H29N3O2. The van der Waals surface area contributed by atoms with Crippen molar-refractivity contribution in [2.45, 2.75) is 13.0 Å². The normalized spacial score (nSPS) is 15.4. The summed E-state index contributed by atoms with van der Waals surface area (Å²) < 4.78 is 5.16. The quantitative estimate of drug-likeness (QED) is 0.777. The van der Waals surface area contributed by atoms with Gasteiger partial charge in [0.1, 0.15) is 5.75 Å². The minimum atomic E-state index is 0.111. The fourth-order valence-electron chi connectivity index (χ4n) is 3.34. The molecule has 0 radical (unpaired) electrons. The second kappa shape index (κ2) is 10.1. The van der Waals surface area contributed by atoms with Gasteiger partial charge in [-0.2, -0.15) is 0 Å². The van der Waals surface area contributed by atoms with Gasteiger partial charge in [0.15, 0.2) is 0 Å². The first kappa shape index (κ1) is 19.4. The van der Waals surface area contributed by atoms with Gasteiger partial charge in [0.2, 0.25) is 5.91 Å². The third kappa shape index (κ3) is 6.38. The molecule has 5 nitrogen and oxygen atoms in total. The number of hydrogen-bond donors (Lipinski definition) is 1. The van der Waals surface area contributed by atoms with E-state index in [9.17, 15) is 4.79 Å². The van der Waals surface area contributed by atoms with Crippen LogP contribution in [0.15, 0.2) is 54.6 Å². The van der Waals surface area contributed by atoms with Gasteiger partial charge in [-0.3, -0.25) is 14.6 Å². The van der Waals surface area contributed by atoms with Crippen LogP contribution in [0.2, 0.25) is 0 Å². The van der Waals surface area contributed by atoms with E-state index >= 15 is 0 Å². The van der Waals surface area contributed by atoms with Gasteiger partial charge in [-0.15, -0.1) is 0 Å². The van der Waals surface area contributed by atoms with Crippen LogP contribution in [0, 0.1) is 0 Å². The number of carbonyl (C=O) groups excluding carboxylic acids is 1. The Labute approximate surface area is 161 Å². The monoisotopic (exact) mass is 367 g/mol. The van der Waals surface area contributed by atoms with Crippen LogP contribution in [-0.2, 0) is 17.8 Å². The predicted octanol–water partition coefficient (Wildman–Crippen LogP) is 2.17. The van der Waals surface area contributed by atoms with Crippen LogP contribution in [0.1, 0.15) is 11.1 Å². The number of carbonyl (C=O) groups is 1. The molecule has 2 aromatic rings. The number of rotatable bonds is 8. The van der Waals surface area contributed by atoms with Gasteiger partial charge >= 0.3 is 0 Å². The molecule has 1 amide bonds. The standard InChI is InChI=1S/C22H29N3O2/c1-27-21-9-7-19(8-10-21)11-12-23-22(26)18-25-15-13-24(14-16-25)17-20-5-3-2-4-6-20/h2-10H,11-18H2,1H3,(H,23,26). The summed E-state index contributed by atoms with van der Waals surface area (Å²) in [6.07, 6.45) is 0.834. The molecule has 1 aliphatic rings. The molecular weight excluding hydrogens is 338 g/mol. The van der Waals surface area contributed by atoms with E-state index in [4.69, 9.17) is 4.74 Å². The Bertz CT molecular complexity index is 695. The summed E-state index contributed by atoms with van der Waals surface area (Å²) in [7, 11) is 1.66. The van der Waals surface area contributed by atoms with Gasteiger partial charge in [0, 0.05) is 39.3 Å². The highest BCUT2D eigenvalue weighted by Gasteiger charge is 2.18. The summed E-state index contributed by atoms with van der Waals surface area (Å²) in [5.41, 5.74) is 2.55. The summed E-state index contributed by atoms with van der Waals surface area (Å²) in [5, 5.41) is 3.03. The van der Waals surface area contributed by atoms with Gasteiger partial charge in [0.05, 0.1) is 13.7 Å². The van der Waals surface area contributed by atoms with E-state index < -0.39 is 0 Å². The highest BCUT2D eigenvalue weighted by molar-refractivity contribution is 5.78. The molecule has 1 fully saturated rings. The molecule has 1 aliphatic heterocycles. The molecule has 0 aromatic heterocycles. The summed E-state index contributed by atoms with van der Waals surface area (Å²) in [6, 6.07) is 18.5. The first-order valence-electron chi connectivity index (χ1n) is 9.61. The number of ether oxygens (including phenoxy) is 1. The fourth-order valence-corrected chi connectivity index (χ4v) is 3.34. The zero-order valence-corrected chi connectivity index (χ0v) is 16.1. The molecule has 0 saturated carbocycles. The van der Waals surface area contributed by atoms with E-state index in [2.05, 4.69) is 45.4 Å². The SMILES string of the molecule is COc1ccc(CCNC(=O)CN2CCN(Cc3ccccc3)CC2)cc1. The van der Waals surface area contributed by atoms with Gasteiger partial charge in [-0.05, 0) is 29.7 Å². The summed E-state index contributed by atoms with van der Waals surface area (Å²) in [6.45, 7) is 6.04. The van der Waals surface area contributed by atoms with Crippen molar-refractivity contribution in [2.75, 3.05) is 46.4 Å². The van der Waals surface area contributed by atoms with Crippen molar-refractivity contribution in [3.63, 3.8) is 0 Å². The van der Waals surface area contributed by atoms with Crippen LogP contribution in [-0.4, -0.2) is 62.1 Å². The third-order valence-electron chi connectivity index (χ3n) is 4.98. The molecule has 27 heavy (non-hydrogen) atoms. The number of hydrogen-bond acceptors (Lipinski definition) is 4. The predicted molar refractivity (Wildman–Crippen MR) is 108 cm³/mol. The molecule has 0 atom stereocenters. The first-order chi connectivity index (χ1) is 13.2. The number of nitrogens with zero attached hydrogens (tertiary/aromatic N) is 2. The average molecular weight is 367 g/mol. The van der Waals surface area contributed by atoms with Crippen molar-refractivity contribution in [3.8, 4) is 5.75 Å². The maximum atomic E-state index is 12.2.